The number of benzene rings is 1. The van der Waals surface area contributed by atoms with Crippen LogP contribution in [-0.2, 0) is 16.1 Å². The van der Waals surface area contributed by atoms with E-state index in [4.69, 9.17) is 0 Å². The van der Waals surface area contributed by atoms with Crippen LogP contribution in [0.2, 0.25) is 0 Å². The summed E-state index contributed by atoms with van der Waals surface area (Å²) in [7, 11) is 0. The van der Waals surface area contributed by atoms with Crippen LogP contribution in [0.4, 0.5) is 0 Å². The molecule has 2 fully saturated rings. The normalized spacial score (nSPS) is 21.2. The van der Waals surface area contributed by atoms with Crippen LogP contribution in [0.1, 0.15) is 48.0 Å². The summed E-state index contributed by atoms with van der Waals surface area (Å²) in [6, 6.07) is 6.42. The van der Waals surface area contributed by atoms with Gasteiger partial charge in [0.25, 0.3) is 5.91 Å². The van der Waals surface area contributed by atoms with Gasteiger partial charge in [0.1, 0.15) is 6.04 Å². The van der Waals surface area contributed by atoms with Gasteiger partial charge >= 0.3 is 5.97 Å². The highest BCUT2D eigenvalue weighted by Gasteiger charge is 2.32. The summed E-state index contributed by atoms with van der Waals surface area (Å²) >= 11 is 0. The zero-order chi connectivity index (χ0) is 17.1. The fourth-order valence-electron chi connectivity index (χ4n) is 3.44. The summed E-state index contributed by atoms with van der Waals surface area (Å²) in [6.07, 6.45) is 3.70. The van der Waals surface area contributed by atoms with Crippen LogP contribution in [0.3, 0.4) is 0 Å². The molecule has 1 N–H and O–H groups in total. The number of hydrogen-bond donors (Lipinski definition) is 1. The Hall–Kier alpha value is -2.37. The Kier molecular flexibility index (Phi) is 4.83. The minimum absolute atomic E-state index is 0.174. The molecular formula is C18H22N2O4. The molecule has 2 saturated heterocycles. The summed E-state index contributed by atoms with van der Waals surface area (Å²) in [4.78, 5) is 38.9. The van der Waals surface area contributed by atoms with E-state index in [2.05, 4.69) is 0 Å². The molecule has 3 rings (SSSR count). The molecule has 0 saturated carbocycles. The lowest BCUT2D eigenvalue weighted by Crippen LogP contribution is -2.47. The predicted octanol–water partition coefficient (Wildman–Crippen LogP) is 1.89. The molecule has 24 heavy (non-hydrogen) atoms. The van der Waals surface area contributed by atoms with E-state index in [1.807, 2.05) is 17.0 Å². The highest BCUT2D eigenvalue weighted by Crippen LogP contribution is 2.21. The number of aliphatic carboxylic acids is 1. The molecule has 0 bridgehead atoms. The zero-order valence-electron chi connectivity index (χ0n) is 13.6. The Morgan fingerprint density at radius 2 is 1.83 bits per heavy atom. The third kappa shape index (κ3) is 3.42. The minimum atomic E-state index is -0.938. The van der Waals surface area contributed by atoms with E-state index in [0.717, 1.165) is 31.4 Å². The first kappa shape index (κ1) is 16.5. The Balaban J connectivity index is 1.69. The van der Waals surface area contributed by atoms with Crippen molar-refractivity contribution in [3.8, 4) is 0 Å². The number of carboxylic acids is 1. The third-order valence-electron chi connectivity index (χ3n) is 4.79. The summed E-state index contributed by atoms with van der Waals surface area (Å²) in [5.74, 6) is -0.995. The van der Waals surface area contributed by atoms with E-state index in [-0.39, 0.29) is 11.8 Å². The third-order valence-corrected chi connectivity index (χ3v) is 4.79. The van der Waals surface area contributed by atoms with Gasteiger partial charge in [-0.25, -0.2) is 4.79 Å². The van der Waals surface area contributed by atoms with E-state index in [1.54, 1.807) is 12.1 Å². The first-order valence-corrected chi connectivity index (χ1v) is 8.47. The second-order valence-corrected chi connectivity index (χ2v) is 6.46. The molecule has 2 heterocycles. The average molecular weight is 330 g/mol. The van der Waals surface area contributed by atoms with Crippen LogP contribution < -0.4 is 0 Å². The molecule has 128 valence electrons. The van der Waals surface area contributed by atoms with E-state index < -0.39 is 12.0 Å². The molecule has 1 aromatic carbocycles. The molecule has 2 amide bonds. The summed E-state index contributed by atoms with van der Waals surface area (Å²) in [5.41, 5.74) is 1.48. The van der Waals surface area contributed by atoms with Gasteiger partial charge in [-0.05, 0) is 43.4 Å². The van der Waals surface area contributed by atoms with Crippen molar-refractivity contribution < 1.29 is 19.5 Å². The summed E-state index contributed by atoms with van der Waals surface area (Å²) in [5, 5.41) is 9.30. The second kappa shape index (κ2) is 7.03. The topological polar surface area (TPSA) is 77.9 Å². The van der Waals surface area contributed by atoms with Crippen molar-refractivity contribution in [1.29, 1.82) is 0 Å². The summed E-state index contributed by atoms with van der Waals surface area (Å²) in [6.45, 7) is 1.84. The SMILES string of the molecule is O=C(O)C1CCCCN1C(=O)c1ccc(CN2CCCC2=O)cc1. The second-order valence-electron chi connectivity index (χ2n) is 6.46. The number of rotatable bonds is 4. The number of carbonyl (C=O) groups is 3. The molecule has 1 atom stereocenters. The lowest BCUT2D eigenvalue weighted by molar-refractivity contribution is -0.143. The van der Waals surface area contributed by atoms with Crippen molar-refractivity contribution in [2.24, 2.45) is 0 Å². The van der Waals surface area contributed by atoms with Crippen molar-refractivity contribution in [2.45, 2.75) is 44.7 Å². The van der Waals surface area contributed by atoms with Crippen molar-refractivity contribution in [3.05, 3.63) is 35.4 Å². The Labute approximate surface area is 141 Å². The molecule has 0 aliphatic carbocycles. The molecular weight excluding hydrogens is 308 g/mol. The first-order valence-electron chi connectivity index (χ1n) is 8.47. The quantitative estimate of drug-likeness (QED) is 0.914. The smallest absolute Gasteiger partial charge is 0.326 e. The number of carboxylic acid groups (broad SMARTS) is 1. The lowest BCUT2D eigenvalue weighted by atomic mass is 10.0. The Morgan fingerprint density at radius 1 is 1.08 bits per heavy atom. The fourth-order valence-corrected chi connectivity index (χ4v) is 3.44. The molecule has 0 aromatic heterocycles. The molecule has 2 aliphatic rings. The summed E-state index contributed by atoms with van der Waals surface area (Å²) < 4.78 is 0. The van der Waals surface area contributed by atoms with Crippen molar-refractivity contribution in [1.82, 2.24) is 9.80 Å². The largest absolute Gasteiger partial charge is 0.480 e. The van der Waals surface area contributed by atoms with Gasteiger partial charge in [-0.2, -0.15) is 0 Å². The highest BCUT2D eigenvalue weighted by molar-refractivity contribution is 5.96. The van der Waals surface area contributed by atoms with Crippen LogP contribution in [0.5, 0.6) is 0 Å². The van der Waals surface area contributed by atoms with E-state index in [0.29, 0.717) is 31.5 Å². The standard InChI is InChI=1S/C18H22N2O4/c21-16-5-3-10-19(16)12-13-6-8-14(9-7-13)17(22)20-11-2-1-4-15(20)18(23)24/h6-9,15H,1-5,10-12H2,(H,23,24). The molecule has 6 nitrogen and oxygen atoms in total. The molecule has 1 aromatic rings. The van der Waals surface area contributed by atoms with Gasteiger partial charge in [-0.15, -0.1) is 0 Å². The molecule has 6 heteroatoms. The zero-order valence-corrected chi connectivity index (χ0v) is 13.6. The maximum absolute atomic E-state index is 12.6. The van der Waals surface area contributed by atoms with Gasteiger partial charge in [0.15, 0.2) is 0 Å². The number of likely N-dealkylation sites (tertiary alicyclic amines) is 2. The average Bonchev–Trinajstić information content (AvgIpc) is 3.00. The molecule has 0 radical (unpaired) electrons. The molecule has 1 unspecified atom stereocenters. The highest BCUT2D eigenvalue weighted by atomic mass is 16.4. The van der Waals surface area contributed by atoms with Crippen molar-refractivity contribution in [3.63, 3.8) is 0 Å². The number of hydrogen-bond acceptors (Lipinski definition) is 3. The Morgan fingerprint density at radius 3 is 2.46 bits per heavy atom. The fraction of sp³-hybridized carbons (Fsp3) is 0.500. The van der Waals surface area contributed by atoms with Crippen molar-refractivity contribution in [2.75, 3.05) is 13.1 Å². The number of nitrogens with zero attached hydrogens (tertiary/aromatic N) is 2. The van der Waals surface area contributed by atoms with Crippen LogP contribution in [0.25, 0.3) is 0 Å². The molecule has 2 aliphatic heterocycles. The van der Waals surface area contributed by atoms with Gasteiger partial charge in [0, 0.05) is 31.6 Å². The van der Waals surface area contributed by atoms with Crippen LogP contribution in [0.15, 0.2) is 24.3 Å². The van der Waals surface area contributed by atoms with Gasteiger partial charge in [0.2, 0.25) is 5.91 Å². The first-order chi connectivity index (χ1) is 11.6. The number of piperidine rings is 1. The van der Waals surface area contributed by atoms with Crippen LogP contribution >= 0.6 is 0 Å². The number of amides is 2. The van der Waals surface area contributed by atoms with Crippen molar-refractivity contribution >= 4 is 17.8 Å². The predicted molar refractivity (Wildman–Crippen MR) is 87.4 cm³/mol. The lowest BCUT2D eigenvalue weighted by Gasteiger charge is -2.33. The maximum atomic E-state index is 12.6. The van der Waals surface area contributed by atoms with Crippen LogP contribution in [-0.4, -0.2) is 51.8 Å². The van der Waals surface area contributed by atoms with Gasteiger partial charge in [0.05, 0.1) is 0 Å². The van der Waals surface area contributed by atoms with E-state index >= 15 is 0 Å². The van der Waals surface area contributed by atoms with E-state index in [1.165, 1.54) is 4.90 Å². The van der Waals surface area contributed by atoms with Gasteiger partial charge in [-0.3, -0.25) is 9.59 Å². The van der Waals surface area contributed by atoms with Gasteiger partial charge < -0.3 is 14.9 Å². The van der Waals surface area contributed by atoms with E-state index in [9.17, 15) is 19.5 Å². The number of carbonyl (C=O) groups excluding carboxylic acids is 2. The minimum Gasteiger partial charge on any atom is -0.480 e. The maximum Gasteiger partial charge on any atom is 0.326 e. The van der Waals surface area contributed by atoms with Crippen LogP contribution in [0, 0.1) is 0 Å². The molecule has 0 spiro atoms. The van der Waals surface area contributed by atoms with Gasteiger partial charge in [-0.1, -0.05) is 12.1 Å². The monoisotopic (exact) mass is 330 g/mol. The Bertz CT molecular complexity index is 641.